The number of rotatable bonds is 5. The van der Waals surface area contributed by atoms with Crippen molar-refractivity contribution in [2.24, 2.45) is 0 Å². The predicted octanol–water partition coefficient (Wildman–Crippen LogP) is 2.84. The van der Waals surface area contributed by atoms with E-state index in [1.54, 1.807) is 0 Å². The van der Waals surface area contributed by atoms with Crippen molar-refractivity contribution in [1.82, 2.24) is 0 Å². The fourth-order valence-electron chi connectivity index (χ4n) is 1.23. The molecule has 0 bridgehead atoms. The predicted molar refractivity (Wildman–Crippen MR) is 55.7 cm³/mol. The van der Waals surface area contributed by atoms with Gasteiger partial charge in [0.1, 0.15) is 0 Å². The second-order valence-corrected chi connectivity index (χ2v) is 3.13. The smallest absolute Gasteiger partial charge is 0.0506 e. The molecule has 0 unspecified atom stereocenters. The summed E-state index contributed by atoms with van der Waals surface area (Å²) in [6.07, 6.45) is 2.06. The highest BCUT2D eigenvalue weighted by Gasteiger charge is 1.95. The summed E-state index contributed by atoms with van der Waals surface area (Å²) in [7, 11) is 0. The molecule has 1 aromatic carbocycles. The van der Waals surface area contributed by atoms with E-state index < -0.39 is 0 Å². The Morgan fingerprint density at radius 3 is 2.69 bits per heavy atom. The summed E-state index contributed by atoms with van der Waals surface area (Å²) in [6, 6.07) is 8.20. The minimum atomic E-state index is 0.806. The average molecular weight is 177 g/mol. The third kappa shape index (κ3) is 3.60. The molecule has 0 N–H and O–H groups in total. The molecule has 0 aliphatic heterocycles. The number of ether oxygens (including phenoxy) is 1. The van der Waals surface area contributed by atoms with Crippen LogP contribution >= 0.6 is 0 Å². The van der Waals surface area contributed by atoms with Gasteiger partial charge in [-0.2, -0.15) is 0 Å². The van der Waals surface area contributed by atoms with Crippen LogP contribution in [0.25, 0.3) is 0 Å². The summed E-state index contributed by atoms with van der Waals surface area (Å²) < 4.78 is 5.41. The molecule has 71 valence electrons. The van der Waals surface area contributed by atoms with Crippen LogP contribution in [0.15, 0.2) is 24.3 Å². The Hall–Kier alpha value is -0.820. The average Bonchev–Trinajstić information content (AvgIpc) is 2.15. The van der Waals surface area contributed by atoms with E-state index in [1.807, 2.05) is 18.2 Å². The number of hydrogen-bond donors (Lipinski definition) is 0. The van der Waals surface area contributed by atoms with Gasteiger partial charge in [-0.05, 0) is 30.9 Å². The highest BCUT2D eigenvalue weighted by molar-refractivity contribution is 5.29. The van der Waals surface area contributed by atoms with Crippen LogP contribution in [0.1, 0.15) is 24.5 Å². The Balaban J connectivity index is 2.32. The molecule has 0 fully saturated rings. The van der Waals surface area contributed by atoms with E-state index >= 15 is 0 Å². The fraction of sp³-hybridized carbons (Fsp3) is 0.417. The first-order valence-electron chi connectivity index (χ1n) is 4.82. The van der Waals surface area contributed by atoms with Crippen LogP contribution in [0.5, 0.6) is 0 Å². The van der Waals surface area contributed by atoms with Crippen LogP contribution in [0.4, 0.5) is 0 Å². The summed E-state index contributed by atoms with van der Waals surface area (Å²) in [5.74, 6) is 0. The van der Waals surface area contributed by atoms with Gasteiger partial charge in [-0.3, -0.25) is 0 Å². The summed E-state index contributed by atoms with van der Waals surface area (Å²) in [6.45, 7) is 7.75. The van der Waals surface area contributed by atoms with Gasteiger partial charge in [-0.1, -0.05) is 31.2 Å². The molecule has 1 rings (SSSR count). The first-order valence-corrected chi connectivity index (χ1v) is 4.82. The summed E-state index contributed by atoms with van der Waals surface area (Å²) in [4.78, 5) is 0. The standard InChI is InChI=1S/C12H17O/c1-3-9-13-10-8-12-7-5-4-6-11(12)2/h4-7H,2-3,8-10H2,1H3. The highest BCUT2D eigenvalue weighted by Crippen LogP contribution is 2.07. The van der Waals surface area contributed by atoms with Gasteiger partial charge in [0.15, 0.2) is 0 Å². The maximum Gasteiger partial charge on any atom is 0.0506 e. The molecule has 0 aliphatic carbocycles. The van der Waals surface area contributed by atoms with Crippen LogP contribution in [-0.4, -0.2) is 13.2 Å². The lowest BCUT2D eigenvalue weighted by Crippen LogP contribution is -2.00. The molecule has 0 amide bonds. The van der Waals surface area contributed by atoms with Crippen LogP contribution in [-0.2, 0) is 11.2 Å². The molecule has 0 aromatic heterocycles. The first kappa shape index (κ1) is 10.3. The van der Waals surface area contributed by atoms with Gasteiger partial charge in [0, 0.05) is 6.61 Å². The van der Waals surface area contributed by atoms with E-state index in [4.69, 9.17) is 4.74 Å². The van der Waals surface area contributed by atoms with Crippen LogP contribution in [0.2, 0.25) is 0 Å². The number of hydrogen-bond acceptors (Lipinski definition) is 1. The van der Waals surface area contributed by atoms with Crippen LogP contribution in [0.3, 0.4) is 0 Å². The van der Waals surface area contributed by atoms with Gasteiger partial charge in [0.2, 0.25) is 0 Å². The molecule has 13 heavy (non-hydrogen) atoms. The van der Waals surface area contributed by atoms with Crippen LogP contribution < -0.4 is 0 Å². The van der Waals surface area contributed by atoms with Crippen molar-refractivity contribution < 1.29 is 4.74 Å². The van der Waals surface area contributed by atoms with Crippen LogP contribution in [0, 0.1) is 6.92 Å². The minimum Gasteiger partial charge on any atom is -0.381 e. The van der Waals surface area contributed by atoms with Gasteiger partial charge in [-0.25, -0.2) is 0 Å². The molecule has 0 saturated carbocycles. The molecule has 0 saturated heterocycles. The Kier molecular flexibility index (Phi) is 4.55. The molecule has 0 aliphatic rings. The monoisotopic (exact) mass is 177 g/mol. The molecule has 1 aromatic rings. The molecule has 1 heteroatoms. The third-order valence-electron chi connectivity index (χ3n) is 1.98. The second kappa shape index (κ2) is 5.76. The van der Waals surface area contributed by atoms with Crippen molar-refractivity contribution in [1.29, 1.82) is 0 Å². The molecular weight excluding hydrogens is 160 g/mol. The maximum atomic E-state index is 5.41. The zero-order valence-corrected chi connectivity index (χ0v) is 8.25. The Morgan fingerprint density at radius 1 is 1.23 bits per heavy atom. The largest absolute Gasteiger partial charge is 0.381 e. The van der Waals surface area contributed by atoms with Gasteiger partial charge in [-0.15, -0.1) is 0 Å². The zero-order chi connectivity index (χ0) is 9.52. The lowest BCUT2D eigenvalue weighted by atomic mass is 10.1. The second-order valence-electron chi connectivity index (χ2n) is 3.13. The Morgan fingerprint density at radius 2 is 2.00 bits per heavy atom. The quantitative estimate of drug-likeness (QED) is 0.628. The van der Waals surface area contributed by atoms with E-state index in [0.29, 0.717) is 0 Å². The number of benzene rings is 1. The zero-order valence-electron chi connectivity index (χ0n) is 8.25. The third-order valence-corrected chi connectivity index (χ3v) is 1.98. The molecular formula is C12H17O. The van der Waals surface area contributed by atoms with E-state index in [2.05, 4.69) is 19.9 Å². The lowest BCUT2D eigenvalue weighted by molar-refractivity contribution is 0.138. The molecule has 0 heterocycles. The van der Waals surface area contributed by atoms with Crippen molar-refractivity contribution in [2.75, 3.05) is 13.2 Å². The Labute approximate surface area is 80.7 Å². The molecule has 0 atom stereocenters. The normalized spacial score (nSPS) is 10.3. The summed E-state index contributed by atoms with van der Waals surface area (Å²) >= 11 is 0. The maximum absolute atomic E-state index is 5.41. The van der Waals surface area contributed by atoms with Crippen molar-refractivity contribution in [3.8, 4) is 0 Å². The lowest BCUT2D eigenvalue weighted by Gasteiger charge is -2.05. The van der Waals surface area contributed by atoms with E-state index in [-0.39, 0.29) is 0 Å². The van der Waals surface area contributed by atoms with Crippen molar-refractivity contribution in [3.63, 3.8) is 0 Å². The van der Waals surface area contributed by atoms with Gasteiger partial charge in [0.25, 0.3) is 0 Å². The van der Waals surface area contributed by atoms with Gasteiger partial charge >= 0.3 is 0 Å². The van der Waals surface area contributed by atoms with Gasteiger partial charge in [0.05, 0.1) is 6.61 Å². The first-order chi connectivity index (χ1) is 6.34. The van der Waals surface area contributed by atoms with E-state index in [9.17, 15) is 0 Å². The fourth-order valence-corrected chi connectivity index (χ4v) is 1.23. The summed E-state index contributed by atoms with van der Waals surface area (Å²) in [5, 5.41) is 0. The van der Waals surface area contributed by atoms with E-state index in [1.165, 1.54) is 5.56 Å². The van der Waals surface area contributed by atoms with Crippen molar-refractivity contribution in [3.05, 3.63) is 42.3 Å². The van der Waals surface area contributed by atoms with Gasteiger partial charge < -0.3 is 4.74 Å². The molecule has 0 spiro atoms. The Bertz CT molecular complexity index is 243. The van der Waals surface area contributed by atoms with Crippen molar-refractivity contribution in [2.45, 2.75) is 19.8 Å². The molecule has 1 radical (unpaired) electrons. The van der Waals surface area contributed by atoms with Crippen molar-refractivity contribution >= 4 is 0 Å². The SMILES string of the molecule is [CH2]c1ccccc1CCOCCC. The van der Waals surface area contributed by atoms with E-state index in [0.717, 1.165) is 31.6 Å². The topological polar surface area (TPSA) is 9.23 Å². The minimum absolute atomic E-state index is 0.806. The molecule has 1 nitrogen and oxygen atoms in total. The summed E-state index contributed by atoms with van der Waals surface area (Å²) in [5.41, 5.74) is 2.40. The highest BCUT2D eigenvalue weighted by atomic mass is 16.5.